The molecule has 1 heterocycles. The van der Waals surface area contributed by atoms with Gasteiger partial charge in [-0.3, -0.25) is 4.79 Å². The number of nitrogens with zero attached hydrogens (tertiary/aromatic N) is 1. The fourth-order valence-electron chi connectivity index (χ4n) is 3.34. The number of para-hydroxylation sites is 1. The molecule has 25 heavy (non-hydrogen) atoms. The van der Waals surface area contributed by atoms with Crippen LogP contribution in [0.2, 0.25) is 0 Å². The Morgan fingerprint density at radius 2 is 1.96 bits per heavy atom. The number of benzene rings is 2. The second-order valence-electron chi connectivity index (χ2n) is 6.67. The summed E-state index contributed by atoms with van der Waals surface area (Å²) in [6.07, 6.45) is 1.05. The van der Waals surface area contributed by atoms with Gasteiger partial charge >= 0.3 is 0 Å². The molecule has 1 aliphatic rings. The maximum Gasteiger partial charge on any atom is 0.257 e. The molecule has 4 nitrogen and oxygen atoms in total. The number of carbonyl (C=O) groups excluding carboxylic acids is 1. The third kappa shape index (κ3) is 4.20. The summed E-state index contributed by atoms with van der Waals surface area (Å²) in [5, 5.41) is 3.20. The Balaban J connectivity index is 1.70. The van der Waals surface area contributed by atoms with Crippen molar-refractivity contribution in [1.82, 2.24) is 10.2 Å². The molecular weight excluding hydrogens is 312 g/mol. The predicted molar refractivity (Wildman–Crippen MR) is 99.9 cm³/mol. The smallest absolute Gasteiger partial charge is 0.257 e. The van der Waals surface area contributed by atoms with E-state index in [4.69, 9.17) is 4.74 Å². The predicted octanol–water partition coefficient (Wildman–Crippen LogP) is 3.26. The highest BCUT2D eigenvalue weighted by molar-refractivity contribution is 5.97. The van der Waals surface area contributed by atoms with Crippen LogP contribution in [0, 0.1) is 12.8 Å². The standard InChI is InChI=1S/C21H26N2O2/c1-16-7-3-4-8-18(16)15-25-20-10-6-5-9-19(20)21(24)23-12-11-17(14-23)13-22-2/h3-10,17,22H,11-15H2,1-2H3/t17-/m0/s1. The van der Waals surface area contributed by atoms with Gasteiger partial charge in [-0.05, 0) is 56.1 Å². The minimum atomic E-state index is 0.0685. The van der Waals surface area contributed by atoms with E-state index in [1.807, 2.05) is 48.3 Å². The molecular formula is C21H26N2O2. The van der Waals surface area contributed by atoms with Crippen molar-refractivity contribution < 1.29 is 9.53 Å². The number of hydrogen-bond donors (Lipinski definition) is 1. The van der Waals surface area contributed by atoms with Crippen molar-refractivity contribution in [2.45, 2.75) is 20.0 Å². The molecule has 0 bridgehead atoms. The first kappa shape index (κ1) is 17.5. The highest BCUT2D eigenvalue weighted by Gasteiger charge is 2.27. The zero-order chi connectivity index (χ0) is 17.6. The Hall–Kier alpha value is -2.33. The van der Waals surface area contributed by atoms with Crippen molar-refractivity contribution in [1.29, 1.82) is 0 Å². The molecule has 1 aliphatic heterocycles. The lowest BCUT2D eigenvalue weighted by molar-refractivity contribution is 0.0782. The highest BCUT2D eigenvalue weighted by Crippen LogP contribution is 2.25. The second-order valence-corrected chi connectivity index (χ2v) is 6.67. The maximum absolute atomic E-state index is 12.9. The Kier molecular flexibility index (Phi) is 5.71. The number of amides is 1. The molecule has 1 atom stereocenters. The van der Waals surface area contributed by atoms with E-state index in [0.717, 1.165) is 31.6 Å². The van der Waals surface area contributed by atoms with E-state index in [2.05, 4.69) is 24.4 Å². The van der Waals surface area contributed by atoms with E-state index in [0.29, 0.717) is 23.8 Å². The fraction of sp³-hybridized carbons (Fsp3) is 0.381. The van der Waals surface area contributed by atoms with Gasteiger partial charge in [-0.15, -0.1) is 0 Å². The third-order valence-corrected chi connectivity index (χ3v) is 4.83. The molecule has 2 aromatic rings. The molecule has 4 heteroatoms. The van der Waals surface area contributed by atoms with Crippen molar-refractivity contribution in [3.05, 3.63) is 65.2 Å². The Morgan fingerprint density at radius 1 is 1.20 bits per heavy atom. The van der Waals surface area contributed by atoms with Crippen LogP contribution < -0.4 is 10.1 Å². The van der Waals surface area contributed by atoms with Crippen molar-refractivity contribution in [2.75, 3.05) is 26.7 Å². The van der Waals surface area contributed by atoms with E-state index in [-0.39, 0.29) is 5.91 Å². The molecule has 0 spiro atoms. The Bertz CT molecular complexity index is 729. The largest absolute Gasteiger partial charge is 0.488 e. The molecule has 3 rings (SSSR count). The number of rotatable bonds is 6. The van der Waals surface area contributed by atoms with E-state index >= 15 is 0 Å². The molecule has 132 valence electrons. The average molecular weight is 338 g/mol. The van der Waals surface area contributed by atoms with Gasteiger partial charge in [0.15, 0.2) is 0 Å². The molecule has 0 aromatic heterocycles. The Labute approximate surface area is 149 Å². The van der Waals surface area contributed by atoms with Crippen LogP contribution in [0.1, 0.15) is 27.9 Å². The van der Waals surface area contributed by atoms with Gasteiger partial charge in [0.05, 0.1) is 5.56 Å². The van der Waals surface area contributed by atoms with Crippen molar-refractivity contribution in [2.24, 2.45) is 5.92 Å². The van der Waals surface area contributed by atoms with Gasteiger partial charge in [0.25, 0.3) is 5.91 Å². The number of hydrogen-bond acceptors (Lipinski definition) is 3. The summed E-state index contributed by atoms with van der Waals surface area (Å²) in [4.78, 5) is 14.9. The van der Waals surface area contributed by atoms with Crippen LogP contribution in [0.15, 0.2) is 48.5 Å². The van der Waals surface area contributed by atoms with E-state index in [1.54, 1.807) is 0 Å². The van der Waals surface area contributed by atoms with Gasteiger partial charge in [0, 0.05) is 13.1 Å². The SMILES string of the molecule is CNC[C@@H]1CCN(C(=O)c2ccccc2OCc2ccccc2C)C1. The van der Waals surface area contributed by atoms with Crippen molar-refractivity contribution in [3.63, 3.8) is 0 Å². The first-order valence-electron chi connectivity index (χ1n) is 8.89. The summed E-state index contributed by atoms with van der Waals surface area (Å²) < 4.78 is 6.00. The number of nitrogens with one attached hydrogen (secondary N) is 1. The summed E-state index contributed by atoms with van der Waals surface area (Å²) >= 11 is 0. The van der Waals surface area contributed by atoms with Gasteiger partial charge in [0.2, 0.25) is 0 Å². The second kappa shape index (κ2) is 8.17. The monoisotopic (exact) mass is 338 g/mol. The van der Waals surface area contributed by atoms with Crippen LogP contribution in [0.3, 0.4) is 0 Å². The van der Waals surface area contributed by atoms with Gasteiger partial charge in [-0.1, -0.05) is 36.4 Å². The molecule has 0 radical (unpaired) electrons. The fourth-order valence-corrected chi connectivity index (χ4v) is 3.34. The molecule has 1 N–H and O–H groups in total. The van der Waals surface area contributed by atoms with Gasteiger partial charge < -0.3 is 15.0 Å². The van der Waals surface area contributed by atoms with Gasteiger partial charge in [0.1, 0.15) is 12.4 Å². The molecule has 1 saturated heterocycles. The molecule has 0 aliphatic carbocycles. The summed E-state index contributed by atoms with van der Waals surface area (Å²) in [6.45, 7) is 5.12. The lowest BCUT2D eigenvalue weighted by Gasteiger charge is -2.19. The Morgan fingerprint density at radius 3 is 2.76 bits per heavy atom. The van der Waals surface area contributed by atoms with E-state index < -0.39 is 0 Å². The molecule has 1 amide bonds. The van der Waals surface area contributed by atoms with Crippen LogP contribution in [0.5, 0.6) is 5.75 Å². The third-order valence-electron chi connectivity index (χ3n) is 4.83. The summed E-state index contributed by atoms with van der Waals surface area (Å²) in [5.41, 5.74) is 2.99. The number of likely N-dealkylation sites (tertiary alicyclic amines) is 1. The summed E-state index contributed by atoms with van der Waals surface area (Å²) in [7, 11) is 1.96. The van der Waals surface area contributed by atoms with Crippen LogP contribution in [0.25, 0.3) is 0 Å². The minimum Gasteiger partial charge on any atom is -0.488 e. The van der Waals surface area contributed by atoms with Crippen LogP contribution in [-0.4, -0.2) is 37.5 Å². The van der Waals surface area contributed by atoms with Gasteiger partial charge in [-0.2, -0.15) is 0 Å². The average Bonchev–Trinajstić information content (AvgIpc) is 3.10. The molecule has 0 saturated carbocycles. The first-order valence-corrected chi connectivity index (χ1v) is 8.89. The number of ether oxygens (including phenoxy) is 1. The topological polar surface area (TPSA) is 41.6 Å². The lowest BCUT2D eigenvalue weighted by Crippen LogP contribution is -2.30. The van der Waals surface area contributed by atoms with E-state index in [9.17, 15) is 4.79 Å². The van der Waals surface area contributed by atoms with Crippen LogP contribution in [-0.2, 0) is 6.61 Å². The summed E-state index contributed by atoms with van der Waals surface area (Å²) in [6, 6.07) is 15.7. The van der Waals surface area contributed by atoms with Crippen LogP contribution in [0.4, 0.5) is 0 Å². The quantitative estimate of drug-likeness (QED) is 0.879. The van der Waals surface area contributed by atoms with Crippen molar-refractivity contribution in [3.8, 4) is 5.75 Å². The van der Waals surface area contributed by atoms with Gasteiger partial charge in [-0.25, -0.2) is 0 Å². The molecule has 2 aromatic carbocycles. The summed E-state index contributed by atoms with van der Waals surface area (Å²) in [5.74, 6) is 1.26. The lowest BCUT2D eigenvalue weighted by atomic mass is 10.1. The minimum absolute atomic E-state index is 0.0685. The maximum atomic E-state index is 12.9. The number of carbonyl (C=O) groups is 1. The zero-order valence-corrected chi connectivity index (χ0v) is 15.0. The molecule has 0 unspecified atom stereocenters. The van der Waals surface area contributed by atoms with Crippen LogP contribution >= 0.6 is 0 Å². The van der Waals surface area contributed by atoms with E-state index in [1.165, 1.54) is 5.56 Å². The normalized spacial score (nSPS) is 16.9. The zero-order valence-electron chi connectivity index (χ0n) is 15.0. The number of aryl methyl sites for hydroxylation is 1. The first-order chi connectivity index (χ1) is 12.2. The van der Waals surface area contributed by atoms with Crippen molar-refractivity contribution >= 4 is 5.91 Å². The molecule has 1 fully saturated rings. The highest BCUT2D eigenvalue weighted by atomic mass is 16.5.